The number of carbonyl (C=O) groups excluding carboxylic acids is 1. The Morgan fingerprint density at radius 2 is 1.97 bits per heavy atom. The fraction of sp³-hybridized carbons (Fsp3) is 0.630. The van der Waals surface area contributed by atoms with Gasteiger partial charge in [-0.3, -0.25) is 4.68 Å². The third-order valence-corrected chi connectivity index (χ3v) is 11.9. The quantitative estimate of drug-likeness (QED) is 0.524. The molecule has 0 radical (unpaired) electrons. The molecule has 2 atom stereocenters. The number of fused-ring (bicyclic) bond motifs is 2. The second-order valence-electron chi connectivity index (χ2n) is 11.6. The van der Waals surface area contributed by atoms with Gasteiger partial charge < -0.3 is 15.4 Å². The molecule has 1 saturated carbocycles. The average molecular weight is 485 g/mol. The fourth-order valence-electron chi connectivity index (χ4n) is 5.74. The number of aryl methyl sites for hydroxylation is 1. The Morgan fingerprint density at radius 3 is 2.65 bits per heavy atom. The Bertz CT molecular complexity index is 1070. The second kappa shape index (κ2) is 8.81. The van der Waals surface area contributed by atoms with Gasteiger partial charge >= 0.3 is 6.09 Å². The Morgan fingerprint density at radius 1 is 1.18 bits per heavy atom. The van der Waals surface area contributed by atoms with Crippen molar-refractivity contribution < 1.29 is 9.53 Å². The minimum Gasteiger partial charge on any atom is -0.446 e. The Balaban J connectivity index is 1.34. The summed E-state index contributed by atoms with van der Waals surface area (Å²) in [6.45, 7) is 10.5. The van der Waals surface area contributed by atoms with E-state index in [4.69, 9.17) is 9.84 Å². The highest BCUT2D eigenvalue weighted by Gasteiger charge is 2.39. The molecule has 1 amide bonds. The molecule has 1 aromatic heterocycles. The van der Waals surface area contributed by atoms with Gasteiger partial charge in [0.05, 0.1) is 5.54 Å². The molecule has 2 aromatic rings. The summed E-state index contributed by atoms with van der Waals surface area (Å²) in [6.07, 6.45) is 5.05. The molecule has 6 nitrogen and oxygen atoms in total. The molecule has 1 saturated heterocycles. The number of amides is 1. The first-order chi connectivity index (χ1) is 16.1. The van der Waals surface area contributed by atoms with Crippen LogP contribution < -0.4 is 10.6 Å². The second-order valence-corrected chi connectivity index (χ2v) is 15.3. The Labute approximate surface area is 205 Å². The van der Waals surface area contributed by atoms with Crippen molar-refractivity contribution in [3.05, 3.63) is 35.5 Å². The fourth-order valence-corrected chi connectivity index (χ4v) is 9.51. The molecular formula is C27H40N4O2S. The maximum atomic E-state index is 12.1. The van der Waals surface area contributed by atoms with Crippen molar-refractivity contribution in [2.45, 2.75) is 95.2 Å². The van der Waals surface area contributed by atoms with E-state index in [-0.39, 0.29) is 23.8 Å². The third-order valence-electron chi connectivity index (χ3n) is 7.49. The predicted molar refractivity (Wildman–Crippen MR) is 141 cm³/mol. The number of hydrogen-bond donors (Lipinski definition) is 2. The highest BCUT2D eigenvalue weighted by molar-refractivity contribution is 8.35. The molecule has 1 aromatic carbocycles. The summed E-state index contributed by atoms with van der Waals surface area (Å²) in [5, 5.41) is 11.5. The third kappa shape index (κ3) is 4.56. The van der Waals surface area contributed by atoms with Gasteiger partial charge in [-0.25, -0.2) is 14.8 Å². The molecule has 5 rings (SSSR count). The number of ether oxygens (including phenoxy) is 1. The number of alkyl carbamates (subject to hydrolysis) is 1. The van der Waals surface area contributed by atoms with E-state index in [1.807, 2.05) is 13.8 Å². The van der Waals surface area contributed by atoms with E-state index in [0.29, 0.717) is 5.92 Å². The molecule has 2 fully saturated rings. The molecule has 3 heterocycles. The van der Waals surface area contributed by atoms with Crippen LogP contribution in [-0.4, -0.2) is 45.3 Å². The molecule has 2 aliphatic heterocycles. The molecule has 34 heavy (non-hydrogen) atoms. The van der Waals surface area contributed by atoms with Gasteiger partial charge in [0.1, 0.15) is 6.10 Å². The van der Waals surface area contributed by atoms with E-state index in [0.717, 1.165) is 30.8 Å². The molecule has 7 heteroatoms. The van der Waals surface area contributed by atoms with E-state index < -0.39 is 10.0 Å². The largest absolute Gasteiger partial charge is 0.446 e. The van der Waals surface area contributed by atoms with Gasteiger partial charge in [0.15, 0.2) is 5.82 Å². The van der Waals surface area contributed by atoms with E-state index in [1.54, 1.807) is 10.5 Å². The van der Waals surface area contributed by atoms with Crippen LogP contribution in [-0.2, 0) is 16.7 Å². The first-order valence-corrected chi connectivity index (χ1v) is 15.0. The number of aromatic nitrogens is 2. The molecule has 1 spiro atoms. The zero-order valence-electron chi connectivity index (χ0n) is 21.3. The zero-order valence-corrected chi connectivity index (χ0v) is 22.1. The summed E-state index contributed by atoms with van der Waals surface area (Å²) in [5.41, 5.74) is 3.83. The van der Waals surface area contributed by atoms with Crippen LogP contribution in [0.3, 0.4) is 0 Å². The van der Waals surface area contributed by atoms with Gasteiger partial charge in [-0.15, -0.1) is 0 Å². The van der Waals surface area contributed by atoms with E-state index in [9.17, 15) is 4.79 Å². The first-order valence-electron chi connectivity index (χ1n) is 12.9. The van der Waals surface area contributed by atoms with Crippen LogP contribution in [0.25, 0.3) is 0 Å². The molecule has 0 bridgehead atoms. The van der Waals surface area contributed by atoms with Gasteiger partial charge in [0, 0.05) is 29.4 Å². The topological polar surface area (TPSA) is 68.2 Å². The normalized spacial score (nSPS) is 24.1. The van der Waals surface area contributed by atoms with Crippen LogP contribution >= 0.6 is 10.0 Å². The number of carbonyl (C=O) groups is 1. The van der Waals surface area contributed by atoms with Crippen LogP contribution in [0, 0.1) is 0 Å². The molecule has 0 unspecified atom stereocenters. The maximum Gasteiger partial charge on any atom is 0.407 e. The number of nitrogens with one attached hydrogen (secondary N) is 2. The van der Waals surface area contributed by atoms with Crippen molar-refractivity contribution in [1.29, 1.82) is 0 Å². The summed E-state index contributed by atoms with van der Waals surface area (Å²) in [7, 11) is -0.511. The van der Waals surface area contributed by atoms with Crippen LogP contribution in [0.15, 0.2) is 29.2 Å². The van der Waals surface area contributed by atoms with Gasteiger partial charge in [0.2, 0.25) is 0 Å². The first kappa shape index (κ1) is 23.6. The lowest BCUT2D eigenvalue weighted by Crippen LogP contribution is -2.33. The van der Waals surface area contributed by atoms with Crippen molar-refractivity contribution in [3.8, 4) is 0 Å². The van der Waals surface area contributed by atoms with Crippen LogP contribution in [0.4, 0.5) is 16.3 Å². The monoisotopic (exact) mass is 484 g/mol. The standard InChI is InChI=1S/C27H40N4O2S/c1-18(2)28-26(32)33-22-10-8-20(15-22)23-17-25(30-31(23)27(3,4)5)29-21-9-7-19-11-14-34(12-6-13-34)24(19)16-21/h7,9,16-18,20,22H,6,8,10-15H2,1-5H3,(H,28,32)(H,29,30)/t20-,22+/m0/s1. The van der Waals surface area contributed by atoms with Crippen molar-refractivity contribution in [2.24, 2.45) is 0 Å². The van der Waals surface area contributed by atoms with Crippen LogP contribution in [0.5, 0.6) is 0 Å². The lowest BCUT2D eigenvalue weighted by molar-refractivity contribution is 0.0979. The molecular weight excluding hydrogens is 444 g/mol. The predicted octanol–water partition coefficient (Wildman–Crippen LogP) is 6.28. The molecule has 3 aliphatic rings. The smallest absolute Gasteiger partial charge is 0.407 e. The Hall–Kier alpha value is -2.15. The summed E-state index contributed by atoms with van der Waals surface area (Å²) >= 11 is 0. The van der Waals surface area contributed by atoms with Crippen molar-refractivity contribution in [2.75, 3.05) is 22.6 Å². The Kier molecular flexibility index (Phi) is 6.11. The summed E-state index contributed by atoms with van der Waals surface area (Å²) in [6, 6.07) is 9.27. The van der Waals surface area contributed by atoms with Gasteiger partial charge in [0.25, 0.3) is 0 Å². The average Bonchev–Trinajstić information content (AvgIpc) is 3.42. The van der Waals surface area contributed by atoms with E-state index in [1.165, 1.54) is 35.8 Å². The molecule has 186 valence electrons. The number of nitrogens with zero attached hydrogens (tertiary/aromatic N) is 2. The van der Waals surface area contributed by atoms with Gasteiger partial charge in [-0.05, 0) is 107 Å². The zero-order chi connectivity index (χ0) is 24.1. The van der Waals surface area contributed by atoms with Crippen LogP contribution in [0.1, 0.15) is 77.5 Å². The van der Waals surface area contributed by atoms with Crippen molar-refractivity contribution >= 4 is 27.6 Å². The van der Waals surface area contributed by atoms with Crippen molar-refractivity contribution in [1.82, 2.24) is 15.1 Å². The van der Waals surface area contributed by atoms with Crippen molar-refractivity contribution in [3.63, 3.8) is 0 Å². The highest BCUT2D eigenvalue weighted by Crippen LogP contribution is 2.67. The highest BCUT2D eigenvalue weighted by atomic mass is 32.3. The minimum absolute atomic E-state index is 0.0400. The lowest BCUT2D eigenvalue weighted by atomic mass is 10.0. The van der Waals surface area contributed by atoms with Crippen LogP contribution in [0.2, 0.25) is 0 Å². The lowest BCUT2D eigenvalue weighted by Gasteiger charge is -2.45. The number of rotatable bonds is 5. The summed E-state index contributed by atoms with van der Waals surface area (Å²) in [4.78, 5) is 13.7. The van der Waals surface area contributed by atoms with E-state index >= 15 is 0 Å². The molecule has 2 N–H and O–H groups in total. The SMILES string of the molecule is CC(C)NC(=O)O[C@@H]1CC[C@H](c2cc(Nc3ccc4c(c3)S3(CCC3)CC4)nn2C(C)(C)C)C1. The summed E-state index contributed by atoms with van der Waals surface area (Å²) < 4.78 is 7.86. The number of benzene rings is 1. The van der Waals surface area contributed by atoms with Gasteiger partial charge in [-0.2, -0.15) is 5.10 Å². The molecule has 1 aliphatic carbocycles. The summed E-state index contributed by atoms with van der Waals surface area (Å²) in [5.74, 6) is 5.48. The van der Waals surface area contributed by atoms with E-state index in [2.05, 4.69) is 60.4 Å². The number of hydrogen-bond acceptors (Lipinski definition) is 4. The maximum absolute atomic E-state index is 12.1. The van der Waals surface area contributed by atoms with Gasteiger partial charge in [-0.1, -0.05) is 6.07 Å². The minimum atomic E-state index is -0.511. The number of anilines is 2.